The summed E-state index contributed by atoms with van der Waals surface area (Å²) in [7, 11) is -2.57. The molecule has 0 aromatic carbocycles. The topological polar surface area (TPSA) is 9.72 Å². The minimum absolute atomic E-state index is 0.563. The van der Waals surface area contributed by atoms with Gasteiger partial charge in [-0.3, -0.25) is 9.80 Å². The lowest BCUT2D eigenvalue weighted by Gasteiger charge is -2.49. The molecule has 0 saturated heterocycles. The van der Waals surface area contributed by atoms with Crippen LogP contribution in [0.1, 0.15) is 27.7 Å². The van der Waals surface area contributed by atoms with Crippen LogP contribution in [0.15, 0.2) is 0 Å². The van der Waals surface area contributed by atoms with Crippen molar-refractivity contribution >= 4 is 16.5 Å². The van der Waals surface area contributed by atoms with Gasteiger partial charge < -0.3 is 4.23 Å². The number of hydrogen-bond acceptors (Lipinski definition) is 3. The van der Waals surface area contributed by atoms with E-state index in [-0.39, 0.29) is 0 Å². The molecular formula is C16H41N3Si2. The monoisotopic (exact) mass is 331 g/mol. The van der Waals surface area contributed by atoms with Crippen molar-refractivity contribution in [2.45, 2.75) is 73.1 Å². The highest BCUT2D eigenvalue weighted by atomic mass is 28.4. The Kier molecular flexibility index (Phi) is 8.95. The molecule has 0 heterocycles. The summed E-state index contributed by atoms with van der Waals surface area (Å²) >= 11 is 0. The molecule has 128 valence electrons. The molecule has 0 bridgehead atoms. The Bertz CT molecular complexity index is 250. The molecule has 0 aliphatic heterocycles. The highest BCUT2D eigenvalue weighted by Gasteiger charge is 2.37. The van der Waals surface area contributed by atoms with E-state index in [2.05, 4.69) is 81.0 Å². The maximum atomic E-state index is 2.93. The lowest BCUT2D eigenvalue weighted by atomic mass is 10.3. The van der Waals surface area contributed by atoms with Crippen LogP contribution in [0.2, 0.25) is 39.3 Å². The summed E-state index contributed by atoms with van der Waals surface area (Å²) in [5, 5.41) is 0. The third-order valence-corrected chi connectivity index (χ3v) is 12.1. The standard InChI is InChI=1S/C16H41N3Si2/c1-11-17(12-2)16(18(13-3)14-4)15-19(20(5,6)7)21(8,9)10/h16H,11-15H2,1-10H3. The van der Waals surface area contributed by atoms with Gasteiger partial charge in [0, 0.05) is 6.54 Å². The number of rotatable bonds is 10. The molecule has 0 atom stereocenters. The predicted molar refractivity (Wildman–Crippen MR) is 103 cm³/mol. The van der Waals surface area contributed by atoms with Gasteiger partial charge in [-0.25, -0.2) is 0 Å². The van der Waals surface area contributed by atoms with Crippen LogP contribution < -0.4 is 0 Å². The van der Waals surface area contributed by atoms with Crippen molar-refractivity contribution in [3.8, 4) is 0 Å². The Labute approximate surface area is 136 Å². The lowest BCUT2D eigenvalue weighted by Crippen LogP contribution is -2.65. The average molecular weight is 332 g/mol. The Hall–Kier alpha value is 0.314. The zero-order chi connectivity index (χ0) is 16.8. The average Bonchev–Trinajstić information content (AvgIpc) is 2.34. The first-order chi connectivity index (χ1) is 9.52. The van der Waals surface area contributed by atoms with E-state index in [1.54, 1.807) is 0 Å². The molecule has 0 spiro atoms. The Morgan fingerprint density at radius 3 is 1.10 bits per heavy atom. The lowest BCUT2D eigenvalue weighted by molar-refractivity contribution is 0.0496. The van der Waals surface area contributed by atoms with Crippen LogP contribution in [0.5, 0.6) is 0 Å². The zero-order valence-electron chi connectivity index (χ0n) is 16.5. The van der Waals surface area contributed by atoms with E-state index < -0.39 is 16.5 Å². The molecule has 5 heteroatoms. The van der Waals surface area contributed by atoms with Gasteiger partial charge in [-0.15, -0.1) is 0 Å². The van der Waals surface area contributed by atoms with E-state index in [0.717, 1.165) is 26.2 Å². The smallest absolute Gasteiger partial charge is 0.112 e. The van der Waals surface area contributed by atoms with Gasteiger partial charge >= 0.3 is 0 Å². The third-order valence-electron chi connectivity index (χ3n) is 4.43. The largest absolute Gasteiger partial charge is 0.343 e. The second-order valence-electron chi connectivity index (χ2n) is 7.88. The minimum Gasteiger partial charge on any atom is -0.343 e. The fourth-order valence-corrected chi connectivity index (χ4v) is 12.9. The van der Waals surface area contributed by atoms with E-state index in [1.807, 2.05) is 0 Å². The Balaban J connectivity index is 5.42. The normalized spacial score (nSPS) is 14.0. The molecule has 21 heavy (non-hydrogen) atoms. The maximum absolute atomic E-state index is 2.93. The van der Waals surface area contributed by atoms with Crippen molar-refractivity contribution in [1.29, 1.82) is 0 Å². The van der Waals surface area contributed by atoms with E-state index in [9.17, 15) is 0 Å². The summed E-state index contributed by atoms with van der Waals surface area (Å²) in [5.74, 6) is 0. The SMILES string of the molecule is CCN(CC)C(CN([Si](C)(C)C)[Si](C)(C)C)N(CC)CC. The first-order valence-electron chi connectivity index (χ1n) is 8.78. The molecule has 3 nitrogen and oxygen atoms in total. The molecule has 0 unspecified atom stereocenters. The van der Waals surface area contributed by atoms with Crippen LogP contribution in [0, 0.1) is 0 Å². The third kappa shape index (κ3) is 6.52. The van der Waals surface area contributed by atoms with Crippen molar-refractivity contribution in [3.05, 3.63) is 0 Å². The van der Waals surface area contributed by atoms with Crippen LogP contribution >= 0.6 is 0 Å². The quantitative estimate of drug-likeness (QED) is 0.443. The van der Waals surface area contributed by atoms with Gasteiger partial charge in [0.15, 0.2) is 0 Å². The molecule has 0 radical (unpaired) electrons. The van der Waals surface area contributed by atoms with Gasteiger partial charge in [0.1, 0.15) is 16.5 Å². The van der Waals surface area contributed by atoms with Crippen molar-refractivity contribution in [2.24, 2.45) is 0 Å². The molecule has 0 amide bonds. The van der Waals surface area contributed by atoms with Gasteiger partial charge in [0.25, 0.3) is 0 Å². The van der Waals surface area contributed by atoms with Gasteiger partial charge in [-0.2, -0.15) is 0 Å². The van der Waals surface area contributed by atoms with Crippen LogP contribution in [0.25, 0.3) is 0 Å². The molecule has 0 aliphatic carbocycles. The zero-order valence-corrected chi connectivity index (χ0v) is 18.5. The summed E-state index contributed by atoms with van der Waals surface area (Å²) in [6.45, 7) is 30.0. The number of likely N-dealkylation sites (N-methyl/N-ethyl adjacent to an activating group) is 2. The van der Waals surface area contributed by atoms with Crippen LogP contribution in [-0.4, -0.2) is 69.4 Å². The molecule has 0 aromatic heterocycles. The van der Waals surface area contributed by atoms with Crippen LogP contribution in [0.4, 0.5) is 0 Å². The molecule has 0 rings (SSSR count). The first kappa shape index (κ1) is 21.3. The fourth-order valence-electron chi connectivity index (χ4n) is 3.47. The van der Waals surface area contributed by atoms with Crippen molar-refractivity contribution in [1.82, 2.24) is 14.0 Å². The molecule has 0 N–H and O–H groups in total. The van der Waals surface area contributed by atoms with Gasteiger partial charge in [-0.05, 0) is 26.2 Å². The predicted octanol–water partition coefficient (Wildman–Crippen LogP) is 3.97. The molecule has 0 fully saturated rings. The fraction of sp³-hybridized carbons (Fsp3) is 1.00. The summed E-state index contributed by atoms with van der Waals surface area (Å²) in [6.07, 6.45) is 0.563. The Morgan fingerprint density at radius 2 is 0.905 bits per heavy atom. The molecule has 0 aromatic rings. The van der Waals surface area contributed by atoms with Gasteiger partial charge in [0.05, 0.1) is 6.17 Å². The highest BCUT2D eigenvalue weighted by molar-refractivity contribution is 6.89. The summed E-state index contributed by atoms with van der Waals surface area (Å²) in [4.78, 5) is 5.28. The van der Waals surface area contributed by atoms with Gasteiger partial charge in [0.2, 0.25) is 0 Å². The second-order valence-corrected chi connectivity index (χ2v) is 18.1. The first-order valence-corrected chi connectivity index (χ1v) is 15.7. The maximum Gasteiger partial charge on any atom is 0.112 e. The number of nitrogens with zero attached hydrogens (tertiary/aromatic N) is 3. The number of hydrogen-bond donors (Lipinski definition) is 0. The van der Waals surface area contributed by atoms with E-state index in [4.69, 9.17) is 0 Å². The van der Waals surface area contributed by atoms with Crippen molar-refractivity contribution in [2.75, 3.05) is 32.7 Å². The summed E-state index contributed by atoms with van der Waals surface area (Å²) in [5.41, 5.74) is 0. The van der Waals surface area contributed by atoms with Crippen LogP contribution in [-0.2, 0) is 0 Å². The highest BCUT2D eigenvalue weighted by Crippen LogP contribution is 2.22. The molecule has 0 aliphatic rings. The second kappa shape index (κ2) is 8.82. The van der Waals surface area contributed by atoms with Crippen molar-refractivity contribution in [3.63, 3.8) is 0 Å². The van der Waals surface area contributed by atoms with Gasteiger partial charge in [-0.1, -0.05) is 67.0 Å². The molecular weight excluding hydrogens is 290 g/mol. The van der Waals surface area contributed by atoms with Crippen LogP contribution in [0.3, 0.4) is 0 Å². The van der Waals surface area contributed by atoms with E-state index in [0.29, 0.717) is 6.17 Å². The van der Waals surface area contributed by atoms with E-state index in [1.165, 1.54) is 6.54 Å². The van der Waals surface area contributed by atoms with E-state index >= 15 is 0 Å². The minimum atomic E-state index is -1.29. The summed E-state index contributed by atoms with van der Waals surface area (Å²) in [6, 6.07) is 0. The summed E-state index contributed by atoms with van der Waals surface area (Å²) < 4.78 is 2.93. The Morgan fingerprint density at radius 1 is 0.619 bits per heavy atom. The van der Waals surface area contributed by atoms with Crippen molar-refractivity contribution < 1.29 is 0 Å². The molecule has 0 saturated carbocycles.